The first kappa shape index (κ1) is 27.1. The first-order valence-electron chi connectivity index (χ1n) is 12.0. The summed E-state index contributed by atoms with van der Waals surface area (Å²) in [4.78, 5) is 57.0. The minimum Gasteiger partial charge on any atom is -0.491 e. The van der Waals surface area contributed by atoms with Crippen LogP contribution >= 0.6 is 11.3 Å². The SMILES string of the molecule is Cc1csc(CCCNC(=O)[C@@H]2CCC(=O)N[C@@H](C)C(=O)N(C)CCOc3ccccc3C(=O)N2)n1. The lowest BCUT2D eigenvalue weighted by molar-refractivity contribution is -0.135. The Morgan fingerprint density at radius 2 is 2.03 bits per heavy atom. The van der Waals surface area contributed by atoms with Gasteiger partial charge in [0.25, 0.3) is 5.91 Å². The Labute approximate surface area is 214 Å². The number of nitrogens with zero attached hydrogens (tertiary/aromatic N) is 2. The third kappa shape index (κ3) is 7.77. The molecule has 0 aliphatic carbocycles. The summed E-state index contributed by atoms with van der Waals surface area (Å²) >= 11 is 1.58. The highest BCUT2D eigenvalue weighted by Crippen LogP contribution is 2.18. The second-order valence-corrected chi connectivity index (χ2v) is 9.68. The Morgan fingerprint density at radius 3 is 2.78 bits per heavy atom. The first-order chi connectivity index (χ1) is 17.2. The molecule has 0 saturated heterocycles. The van der Waals surface area contributed by atoms with E-state index in [9.17, 15) is 19.2 Å². The molecule has 0 bridgehead atoms. The Kier molecular flexibility index (Phi) is 9.80. The smallest absolute Gasteiger partial charge is 0.255 e. The second kappa shape index (κ2) is 13.0. The second-order valence-electron chi connectivity index (χ2n) is 8.74. The largest absolute Gasteiger partial charge is 0.491 e. The number of hydrogen-bond acceptors (Lipinski definition) is 7. The maximum absolute atomic E-state index is 13.1. The molecule has 0 fully saturated rings. The summed E-state index contributed by atoms with van der Waals surface area (Å²) < 4.78 is 5.78. The van der Waals surface area contributed by atoms with Crippen LogP contribution in [0.15, 0.2) is 29.6 Å². The molecule has 2 aromatic rings. The molecule has 1 aliphatic rings. The molecule has 1 aromatic heterocycles. The number of benzene rings is 1. The van der Waals surface area contributed by atoms with E-state index in [-0.39, 0.29) is 49.3 Å². The zero-order valence-electron chi connectivity index (χ0n) is 20.8. The van der Waals surface area contributed by atoms with Gasteiger partial charge < -0.3 is 25.6 Å². The van der Waals surface area contributed by atoms with Crippen molar-refractivity contribution in [1.29, 1.82) is 0 Å². The topological polar surface area (TPSA) is 130 Å². The molecule has 10 nitrogen and oxygen atoms in total. The lowest BCUT2D eigenvalue weighted by atomic mass is 10.1. The molecule has 0 saturated carbocycles. The van der Waals surface area contributed by atoms with Crippen LogP contribution in [0.25, 0.3) is 0 Å². The summed E-state index contributed by atoms with van der Waals surface area (Å²) in [6, 6.07) is 5.06. The third-order valence-electron chi connectivity index (χ3n) is 5.76. The standard InChI is InChI=1S/C25H33N5O5S/c1-16-15-36-22(27-16)9-6-12-26-24(33)19-10-11-21(31)28-17(2)25(34)30(3)13-14-35-20-8-5-4-7-18(20)23(32)29-19/h4-5,7-8,15,17,19H,6,9-14H2,1-3H3,(H,26,33)(H,28,31)(H,29,32)/t17-,19-/m0/s1. The molecule has 1 aliphatic heterocycles. The van der Waals surface area contributed by atoms with Crippen molar-refractivity contribution in [3.8, 4) is 5.75 Å². The number of fused-ring (bicyclic) bond motifs is 1. The van der Waals surface area contributed by atoms with Gasteiger partial charge in [-0.2, -0.15) is 0 Å². The van der Waals surface area contributed by atoms with Crippen molar-refractivity contribution in [3.63, 3.8) is 0 Å². The van der Waals surface area contributed by atoms with E-state index < -0.39 is 18.0 Å². The molecule has 3 N–H and O–H groups in total. The van der Waals surface area contributed by atoms with Crippen LogP contribution in [0.4, 0.5) is 0 Å². The molecular weight excluding hydrogens is 482 g/mol. The number of nitrogens with one attached hydrogen (secondary N) is 3. The van der Waals surface area contributed by atoms with Crippen molar-refractivity contribution >= 4 is 35.0 Å². The highest BCUT2D eigenvalue weighted by atomic mass is 32.1. The van der Waals surface area contributed by atoms with Gasteiger partial charge in [0.05, 0.1) is 17.1 Å². The van der Waals surface area contributed by atoms with E-state index in [1.165, 1.54) is 4.90 Å². The Balaban J connectivity index is 1.71. The summed E-state index contributed by atoms with van der Waals surface area (Å²) in [5, 5.41) is 11.3. The van der Waals surface area contributed by atoms with E-state index in [1.54, 1.807) is 49.6 Å². The first-order valence-corrected chi connectivity index (χ1v) is 12.9. The predicted octanol–water partition coefficient (Wildman–Crippen LogP) is 1.43. The molecule has 0 unspecified atom stereocenters. The van der Waals surface area contributed by atoms with Crippen molar-refractivity contribution in [2.24, 2.45) is 0 Å². The van der Waals surface area contributed by atoms with Gasteiger partial charge in [0, 0.05) is 37.5 Å². The van der Waals surface area contributed by atoms with Crippen LogP contribution in [0.2, 0.25) is 0 Å². The van der Waals surface area contributed by atoms with Crippen molar-refractivity contribution in [2.45, 2.75) is 51.6 Å². The number of carbonyl (C=O) groups is 4. The van der Waals surface area contributed by atoms with Gasteiger partial charge in [-0.1, -0.05) is 12.1 Å². The number of carbonyl (C=O) groups excluding carboxylic acids is 4. The number of thiazole rings is 1. The van der Waals surface area contributed by atoms with Crippen LogP contribution < -0.4 is 20.7 Å². The zero-order valence-corrected chi connectivity index (χ0v) is 21.7. The fraction of sp³-hybridized carbons (Fsp3) is 0.480. The summed E-state index contributed by atoms with van der Waals surface area (Å²) in [7, 11) is 1.63. The van der Waals surface area contributed by atoms with E-state index in [2.05, 4.69) is 20.9 Å². The average molecular weight is 516 g/mol. The maximum atomic E-state index is 13.1. The van der Waals surface area contributed by atoms with Crippen molar-refractivity contribution in [1.82, 2.24) is 25.8 Å². The summed E-state index contributed by atoms with van der Waals surface area (Å²) in [6.45, 7) is 4.40. The monoisotopic (exact) mass is 515 g/mol. The molecule has 0 radical (unpaired) electrons. The number of para-hydroxylation sites is 1. The van der Waals surface area contributed by atoms with Crippen molar-refractivity contribution in [3.05, 3.63) is 45.9 Å². The fourth-order valence-corrected chi connectivity index (χ4v) is 4.58. The van der Waals surface area contributed by atoms with Gasteiger partial charge in [-0.15, -0.1) is 11.3 Å². The number of likely N-dealkylation sites (N-methyl/N-ethyl adjacent to an activating group) is 1. The zero-order chi connectivity index (χ0) is 26.1. The molecule has 2 atom stereocenters. The lowest BCUT2D eigenvalue weighted by Gasteiger charge is -2.22. The molecule has 194 valence electrons. The molecule has 2 heterocycles. The van der Waals surface area contributed by atoms with Gasteiger partial charge >= 0.3 is 0 Å². The highest BCUT2D eigenvalue weighted by Gasteiger charge is 2.26. The average Bonchev–Trinajstić information content (AvgIpc) is 3.28. The summed E-state index contributed by atoms with van der Waals surface area (Å²) in [5.41, 5.74) is 1.25. The van der Waals surface area contributed by atoms with Gasteiger partial charge in [-0.25, -0.2) is 4.98 Å². The molecule has 0 spiro atoms. The molecule has 4 amide bonds. The summed E-state index contributed by atoms with van der Waals surface area (Å²) in [5.74, 6) is -1.13. The molecule has 1 aromatic carbocycles. The third-order valence-corrected chi connectivity index (χ3v) is 6.78. The molecule has 11 heteroatoms. The van der Waals surface area contributed by atoms with E-state index >= 15 is 0 Å². The Hall–Kier alpha value is -3.47. The van der Waals surface area contributed by atoms with Crippen LogP contribution in [-0.4, -0.2) is 72.3 Å². The van der Waals surface area contributed by atoms with Crippen LogP contribution in [0.5, 0.6) is 5.75 Å². The Bertz CT molecular complexity index is 1090. The van der Waals surface area contributed by atoms with Crippen molar-refractivity contribution in [2.75, 3.05) is 26.7 Å². The van der Waals surface area contributed by atoms with Gasteiger partial charge in [0.15, 0.2) is 0 Å². The number of rotatable bonds is 5. The quantitative estimate of drug-likeness (QED) is 0.517. The molecular formula is C25H33N5O5S. The van der Waals surface area contributed by atoms with Gasteiger partial charge in [0.1, 0.15) is 24.4 Å². The van der Waals surface area contributed by atoms with Crippen LogP contribution in [0.1, 0.15) is 47.2 Å². The fourth-order valence-electron chi connectivity index (χ4n) is 3.76. The molecule has 3 rings (SSSR count). The number of ether oxygens (including phenoxy) is 1. The Morgan fingerprint density at radius 1 is 1.25 bits per heavy atom. The van der Waals surface area contributed by atoms with E-state index in [4.69, 9.17) is 4.74 Å². The van der Waals surface area contributed by atoms with Gasteiger partial charge in [0.2, 0.25) is 17.7 Å². The minimum atomic E-state index is -0.933. The van der Waals surface area contributed by atoms with E-state index in [0.29, 0.717) is 18.7 Å². The maximum Gasteiger partial charge on any atom is 0.255 e. The molecule has 36 heavy (non-hydrogen) atoms. The highest BCUT2D eigenvalue weighted by molar-refractivity contribution is 7.09. The van der Waals surface area contributed by atoms with Crippen LogP contribution in [0, 0.1) is 6.92 Å². The number of hydrogen-bond donors (Lipinski definition) is 3. The predicted molar refractivity (Wildman–Crippen MR) is 136 cm³/mol. The summed E-state index contributed by atoms with van der Waals surface area (Å²) in [6.07, 6.45) is 1.48. The van der Waals surface area contributed by atoms with Crippen LogP contribution in [0.3, 0.4) is 0 Å². The normalized spacial score (nSPS) is 19.8. The van der Waals surface area contributed by atoms with Crippen LogP contribution in [-0.2, 0) is 20.8 Å². The van der Waals surface area contributed by atoms with Gasteiger partial charge in [-0.3, -0.25) is 19.2 Å². The number of aromatic nitrogens is 1. The lowest BCUT2D eigenvalue weighted by Crippen LogP contribution is -2.48. The number of aryl methyl sites for hydroxylation is 2. The van der Waals surface area contributed by atoms with E-state index in [0.717, 1.165) is 17.1 Å². The van der Waals surface area contributed by atoms with Crippen molar-refractivity contribution < 1.29 is 23.9 Å². The van der Waals surface area contributed by atoms with E-state index in [1.807, 2.05) is 12.3 Å². The van der Waals surface area contributed by atoms with Gasteiger partial charge in [-0.05, 0) is 38.8 Å². The minimum absolute atomic E-state index is 0.0315. The number of amides is 4.